The highest BCUT2D eigenvalue weighted by Crippen LogP contribution is 2.21. The van der Waals surface area contributed by atoms with Crippen LogP contribution >= 0.6 is 0 Å². The van der Waals surface area contributed by atoms with Gasteiger partial charge in [0, 0.05) is 13.1 Å². The lowest BCUT2D eigenvalue weighted by Crippen LogP contribution is -2.35. The Morgan fingerprint density at radius 2 is 1.64 bits per heavy atom. The zero-order valence-electron chi connectivity index (χ0n) is 15.3. The van der Waals surface area contributed by atoms with Crippen molar-refractivity contribution in [2.24, 2.45) is 0 Å². The lowest BCUT2D eigenvalue weighted by Gasteiger charge is -2.25. The van der Waals surface area contributed by atoms with Crippen molar-refractivity contribution < 1.29 is 27.1 Å². The van der Waals surface area contributed by atoms with E-state index in [-0.39, 0.29) is 29.4 Å². The molecule has 0 saturated carbocycles. The molecule has 150 valence electrons. The topological polar surface area (TPSA) is 72.9 Å². The van der Waals surface area contributed by atoms with Crippen LogP contribution in [0.5, 0.6) is 5.75 Å². The Hall–Kier alpha value is -2.45. The van der Waals surface area contributed by atoms with Crippen LogP contribution in [0.25, 0.3) is 0 Å². The molecular formula is C20H22FNO5S. The molecule has 6 nitrogen and oxygen atoms in total. The van der Waals surface area contributed by atoms with Gasteiger partial charge in [0.15, 0.2) is 11.6 Å². The molecule has 0 amide bonds. The van der Waals surface area contributed by atoms with Crippen molar-refractivity contribution >= 4 is 16.0 Å². The second-order valence-corrected chi connectivity index (χ2v) is 8.34. The number of benzene rings is 2. The first-order valence-corrected chi connectivity index (χ1v) is 10.6. The molecule has 0 atom stereocenters. The van der Waals surface area contributed by atoms with Crippen LogP contribution in [0.1, 0.15) is 29.6 Å². The number of carbonyl (C=O) groups is 1. The van der Waals surface area contributed by atoms with Crippen molar-refractivity contribution in [2.75, 3.05) is 26.3 Å². The van der Waals surface area contributed by atoms with Gasteiger partial charge < -0.3 is 9.47 Å². The largest absolute Gasteiger partial charge is 0.487 e. The maximum absolute atomic E-state index is 13.4. The number of carbonyl (C=O) groups excluding carboxylic acids is 1. The molecule has 2 aromatic carbocycles. The standard InChI is InChI=1S/C20H22FNO5S/c21-18-6-2-3-7-19(18)26-14-15-27-20(23)16-8-10-17(11-9-16)28(24,25)22-12-4-1-5-13-22/h2-3,6-11H,1,4-5,12-15H2. The number of hydrogen-bond donors (Lipinski definition) is 0. The molecule has 1 saturated heterocycles. The molecular weight excluding hydrogens is 385 g/mol. The van der Waals surface area contributed by atoms with Crippen LogP contribution in [-0.4, -0.2) is 45.0 Å². The summed E-state index contributed by atoms with van der Waals surface area (Å²) in [4.78, 5) is 12.2. The summed E-state index contributed by atoms with van der Waals surface area (Å²) in [7, 11) is -3.53. The number of hydrogen-bond acceptors (Lipinski definition) is 5. The molecule has 1 aliphatic rings. The van der Waals surface area contributed by atoms with Crippen molar-refractivity contribution in [1.29, 1.82) is 0 Å². The van der Waals surface area contributed by atoms with E-state index in [2.05, 4.69) is 0 Å². The van der Waals surface area contributed by atoms with Gasteiger partial charge in [-0.2, -0.15) is 4.31 Å². The summed E-state index contributed by atoms with van der Waals surface area (Å²) in [5.41, 5.74) is 0.239. The van der Waals surface area contributed by atoms with Crippen LogP contribution in [0, 0.1) is 5.82 Å². The number of rotatable bonds is 7. The normalized spacial score (nSPS) is 15.2. The van der Waals surface area contributed by atoms with E-state index >= 15 is 0 Å². The fourth-order valence-corrected chi connectivity index (χ4v) is 4.47. The number of halogens is 1. The zero-order chi connectivity index (χ0) is 20.0. The van der Waals surface area contributed by atoms with Crippen LogP contribution < -0.4 is 4.74 Å². The van der Waals surface area contributed by atoms with E-state index in [4.69, 9.17) is 9.47 Å². The van der Waals surface area contributed by atoms with E-state index in [9.17, 15) is 17.6 Å². The first kappa shape index (κ1) is 20.3. The molecule has 1 heterocycles. The van der Waals surface area contributed by atoms with Crippen LogP contribution in [0.15, 0.2) is 53.4 Å². The van der Waals surface area contributed by atoms with Gasteiger partial charge >= 0.3 is 5.97 Å². The van der Waals surface area contributed by atoms with Gasteiger partial charge in [0.1, 0.15) is 13.2 Å². The molecule has 8 heteroatoms. The molecule has 1 aliphatic heterocycles. The highest BCUT2D eigenvalue weighted by atomic mass is 32.2. The molecule has 0 spiro atoms. The fraction of sp³-hybridized carbons (Fsp3) is 0.350. The van der Waals surface area contributed by atoms with E-state index in [1.165, 1.54) is 40.7 Å². The van der Waals surface area contributed by atoms with Gasteiger partial charge in [0.05, 0.1) is 10.5 Å². The van der Waals surface area contributed by atoms with Crippen molar-refractivity contribution in [1.82, 2.24) is 4.31 Å². The molecule has 1 fully saturated rings. The molecule has 0 aliphatic carbocycles. The van der Waals surface area contributed by atoms with Crippen LogP contribution in [0.3, 0.4) is 0 Å². The number of nitrogens with zero attached hydrogens (tertiary/aromatic N) is 1. The highest BCUT2D eigenvalue weighted by Gasteiger charge is 2.26. The zero-order valence-corrected chi connectivity index (χ0v) is 16.2. The lowest BCUT2D eigenvalue weighted by molar-refractivity contribution is 0.0448. The Kier molecular flexibility index (Phi) is 6.64. The Bertz CT molecular complexity index is 908. The minimum absolute atomic E-state index is 0.00803. The summed E-state index contributed by atoms with van der Waals surface area (Å²) < 4.78 is 50.4. The molecule has 0 bridgehead atoms. The van der Waals surface area contributed by atoms with Gasteiger partial charge in [-0.1, -0.05) is 18.6 Å². The van der Waals surface area contributed by atoms with Crippen LogP contribution in [0.4, 0.5) is 4.39 Å². The average Bonchev–Trinajstić information content (AvgIpc) is 2.73. The van der Waals surface area contributed by atoms with Gasteiger partial charge in [-0.15, -0.1) is 0 Å². The van der Waals surface area contributed by atoms with Crippen molar-refractivity contribution in [3.63, 3.8) is 0 Å². The second-order valence-electron chi connectivity index (χ2n) is 6.40. The summed E-state index contributed by atoms with van der Waals surface area (Å²) in [6.45, 7) is 0.997. The predicted molar refractivity (Wildman–Crippen MR) is 101 cm³/mol. The smallest absolute Gasteiger partial charge is 0.338 e. The summed E-state index contributed by atoms with van der Waals surface area (Å²) in [6, 6.07) is 11.6. The summed E-state index contributed by atoms with van der Waals surface area (Å²) in [5, 5.41) is 0. The van der Waals surface area contributed by atoms with E-state index in [0.717, 1.165) is 19.3 Å². The number of sulfonamides is 1. The first-order valence-electron chi connectivity index (χ1n) is 9.13. The summed E-state index contributed by atoms with van der Waals surface area (Å²) in [5.74, 6) is -0.996. The van der Waals surface area contributed by atoms with Gasteiger partial charge in [0.2, 0.25) is 10.0 Å². The summed E-state index contributed by atoms with van der Waals surface area (Å²) >= 11 is 0. The lowest BCUT2D eigenvalue weighted by atomic mass is 10.2. The van der Waals surface area contributed by atoms with E-state index in [0.29, 0.717) is 13.1 Å². The third kappa shape index (κ3) is 4.88. The van der Waals surface area contributed by atoms with Gasteiger partial charge in [-0.3, -0.25) is 0 Å². The van der Waals surface area contributed by atoms with Gasteiger partial charge in [-0.05, 0) is 49.2 Å². The SMILES string of the molecule is O=C(OCCOc1ccccc1F)c1ccc(S(=O)(=O)N2CCCCC2)cc1. The number of esters is 1. The van der Waals surface area contributed by atoms with Gasteiger partial charge in [-0.25, -0.2) is 17.6 Å². The minimum Gasteiger partial charge on any atom is -0.487 e. The van der Waals surface area contributed by atoms with Crippen LogP contribution in [-0.2, 0) is 14.8 Å². The van der Waals surface area contributed by atoms with E-state index in [1.54, 1.807) is 12.1 Å². The molecule has 28 heavy (non-hydrogen) atoms. The summed E-state index contributed by atoms with van der Waals surface area (Å²) in [6.07, 6.45) is 2.76. The second kappa shape index (κ2) is 9.16. The number of para-hydroxylation sites is 1. The molecule has 2 aromatic rings. The third-order valence-corrected chi connectivity index (χ3v) is 6.37. The maximum atomic E-state index is 13.4. The minimum atomic E-state index is -3.53. The molecule has 0 aromatic heterocycles. The van der Waals surface area contributed by atoms with E-state index in [1.807, 2.05) is 0 Å². The number of piperidine rings is 1. The average molecular weight is 407 g/mol. The quantitative estimate of drug-likeness (QED) is 0.520. The highest BCUT2D eigenvalue weighted by molar-refractivity contribution is 7.89. The monoisotopic (exact) mass is 407 g/mol. The van der Waals surface area contributed by atoms with Gasteiger partial charge in [0.25, 0.3) is 0 Å². The Labute approximate surface area is 163 Å². The molecule has 0 radical (unpaired) electrons. The molecule has 0 unspecified atom stereocenters. The Morgan fingerprint density at radius 1 is 0.964 bits per heavy atom. The van der Waals surface area contributed by atoms with E-state index < -0.39 is 21.8 Å². The third-order valence-electron chi connectivity index (χ3n) is 4.45. The van der Waals surface area contributed by atoms with Crippen molar-refractivity contribution in [3.8, 4) is 5.75 Å². The van der Waals surface area contributed by atoms with Crippen molar-refractivity contribution in [2.45, 2.75) is 24.2 Å². The Balaban J connectivity index is 1.53. The predicted octanol–water partition coefficient (Wildman–Crippen LogP) is 3.24. The number of ether oxygens (including phenoxy) is 2. The Morgan fingerprint density at radius 3 is 2.32 bits per heavy atom. The molecule has 0 N–H and O–H groups in total. The van der Waals surface area contributed by atoms with Crippen molar-refractivity contribution in [3.05, 3.63) is 59.9 Å². The van der Waals surface area contributed by atoms with Crippen LogP contribution in [0.2, 0.25) is 0 Å². The maximum Gasteiger partial charge on any atom is 0.338 e. The first-order chi connectivity index (χ1) is 13.5. The fourth-order valence-electron chi connectivity index (χ4n) is 2.95. The molecule has 3 rings (SSSR count).